The lowest BCUT2D eigenvalue weighted by atomic mass is 10.0. The molecule has 0 saturated carbocycles. The molecule has 0 aliphatic carbocycles. The van der Waals surface area contributed by atoms with Gasteiger partial charge in [-0.3, -0.25) is 5.32 Å². The van der Waals surface area contributed by atoms with Crippen molar-refractivity contribution < 1.29 is 19.4 Å². The van der Waals surface area contributed by atoms with Crippen LogP contribution >= 0.6 is 0 Å². The van der Waals surface area contributed by atoms with Gasteiger partial charge in [-0.15, -0.1) is 0 Å². The molecule has 1 amide bonds. The lowest BCUT2D eigenvalue weighted by molar-refractivity contribution is -0.138. The molecule has 0 radical (unpaired) electrons. The van der Waals surface area contributed by atoms with Crippen molar-refractivity contribution >= 4 is 6.09 Å². The van der Waals surface area contributed by atoms with E-state index in [9.17, 15) is 9.90 Å². The van der Waals surface area contributed by atoms with Gasteiger partial charge in [-0.2, -0.15) is 0 Å². The topological polar surface area (TPSA) is 67.8 Å². The van der Waals surface area contributed by atoms with E-state index < -0.39 is 17.9 Å². The van der Waals surface area contributed by atoms with Crippen molar-refractivity contribution in [2.24, 2.45) is 0 Å². The molecule has 12 heavy (non-hydrogen) atoms. The largest absolute Gasteiger partial charge is 0.449 e. The summed E-state index contributed by atoms with van der Waals surface area (Å²) in [6.45, 7) is 1.83. The maximum atomic E-state index is 10.8. The Bertz CT molecular complexity index is 182. The molecule has 2 atom stereocenters. The van der Waals surface area contributed by atoms with Crippen LogP contribution in [0.15, 0.2) is 0 Å². The lowest BCUT2D eigenvalue weighted by Gasteiger charge is -2.38. The highest BCUT2D eigenvalue weighted by Crippen LogP contribution is 2.20. The fourth-order valence-corrected chi connectivity index (χ4v) is 1.20. The van der Waals surface area contributed by atoms with Crippen molar-refractivity contribution in [3.8, 4) is 0 Å². The molecule has 1 fully saturated rings. The first-order valence-corrected chi connectivity index (χ1v) is 3.79. The molecule has 1 aliphatic rings. The average Bonchev–Trinajstić information content (AvgIpc) is 2.04. The molecule has 0 aromatic carbocycles. The second kappa shape index (κ2) is 3.28. The summed E-state index contributed by atoms with van der Waals surface area (Å²) in [6.07, 6.45) is -0.855. The molecule has 1 saturated heterocycles. The van der Waals surface area contributed by atoms with Crippen LogP contribution in [0.4, 0.5) is 4.79 Å². The smallest absolute Gasteiger partial charge is 0.409 e. The first-order valence-electron chi connectivity index (χ1n) is 3.79. The van der Waals surface area contributed by atoms with Gasteiger partial charge in [-0.25, -0.2) is 4.79 Å². The Morgan fingerprint density at radius 3 is 2.83 bits per heavy atom. The van der Waals surface area contributed by atoms with E-state index in [0.717, 1.165) is 0 Å². The number of amides is 1. The summed E-state index contributed by atoms with van der Waals surface area (Å²) in [4.78, 5) is 10.8. The van der Waals surface area contributed by atoms with Crippen LogP contribution in [-0.4, -0.2) is 36.7 Å². The van der Waals surface area contributed by atoms with Crippen LogP contribution in [0.1, 0.15) is 13.3 Å². The molecule has 0 aromatic heterocycles. The third-order valence-electron chi connectivity index (χ3n) is 2.06. The Morgan fingerprint density at radius 2 is 2.50 bits per heavy atom. The predicted octanol–water partition coefficient (Wildman–Crippen LogP) is -0.160. The van der Waals surface area contributed by atoms with Crippen LogP contribution in [-0.2, 0) is 9.47 Å². The molecule has 70 valence electrons. The van der Waals surface area contributed by atoms with Gasteiger partial charge in [0.15, 0.2) is 5.72 Å². The van der Waals surface area contributed by atoms with Gasteiger partial charge in [0, 0.05) is 13.5 Å². The Kier molecular flexibility index (Phi) is 2.54. The second-order valence-electron chi connectivity index (χ2n) is 2.78. The molecule has 5 heteroatoms. The number of carbonyl (C=O) groups excluding carboxylic acids is 1. The number of hydrogen-bond donors (Lipinski definition) is 2. The lowest BCUT2D eigenvalue weighted by Crippen LogP contribution is -2.60. The molecule has 0 spiro atoms. The van der Waals surface area contributed by atoms with E-state index in [2.05, 4.69) is 10.1 Å². The fraction of sp³-hybridized carbons (Fsp3) is 0.857. The number of nitrogens with one attached hydrogen (secondary N) is 1. The van der Waals surface area contributed by atoms with Crippen LogP contribution in [0.3, 0.4) is 0 Å². The molecule has 0 aromatic rings. The molecule has 1 heterocycles. The maximum absolute atomic E-state index is 10.8. The van der Waals surface area contributed by atoms with Crippen molar-refractivity contribution in [1.82, 2.24) is 5.32 Å². The molecular formula is C7H13NO4. The monoisotopic (exact) mass is 175 g/mol. The summed E-state index contributed by atoms with van der Waals surface area (Å²) < 4.78 is 9.69. The number of ether oxygens (including phenoxy) is 2. The minimum Gasteiger partial charge on any atom is -0.449 e. The zero-order valence-electron chi connectivity index (χ0n) is 7.16. The summed E-state index contributed by atoms with van der Waals surface area (Å²) in [5.41, 5.74) is -0.977. The quantitative estimate of drug-likeness (QED) is 0.612. The van der Waals surface area contributed by atoms with E-state index in [1.807, 2.05) is 0 Å². The third-order valence-corrected chi connectivity index (χ3v) is 2.06. The number of aliphatic hydroxyl groups is 1. The van der Waals surface area contributed by atoms with Crippen molar-refractivity contribution in [1.29, 1.82) is 0 Å². The first-order chi connectivity index (χ1) is 5.60. The van der Waals surface area contributed by atoms with E-state index in [4.69, 9.17) is 4.74 Å². The van der Waals surface area contributed by atoms with Crippen LogP contribution in [0.2, 0.25) is 0 Å². The molecular weight excluding hydrogens is 162 g/mol. The molecule has 0 unspecified atom stereocenters. The standard InChI is InChI=1S/C7H13NO4/c1-5(9)7(11-2)3-4-12-6(10)8-7/h5,9H,3-4H2,1-2H3,(H,8,10)/t5-,7-/m1/s1. The summed E-state index contributed by atoms with van der Waals surface area (Å²) in [5.74, 6) is 0. The maximum Gasteiger partial charge on any atom is 0.409 e. The van der Waals surface area contributed by atoms with Crippen LogP contribution in [0, 0.1) is 0 Å². The van der Waals surface area contributed by atoms with Gasteiger partial charge in [0.25, 0.3) is 0 Å². The van der Waals surface area contributed by atoms with Crippen LogP contribution < -0.4 is 5.32 Å². The van der Waals surface area contributed by atoms with Gasteiger partial charge in [-0.05, 0) is 6.92 Å². The van der Waals surface area contributed by atoms with Crippen molar-refractivity contribution in [2.75, 3.05) is 13.7 Å². The van der Waals surface area contributed by atoms with E-state index in [1.54, 1.807) is 6.92 Å². The number of methoxy groups -OCH3 is 1. The number of carbonyl (C=O) groups is 1. The van der Waals surface area contributed by atoms with E-state index >= 15 is 0 Å². The average molecular weight is 175 g/mol. The van der Waals surface area contributed by atoms with E-state index in [0.29, 0.717) is 6.42 Å². The highest BCUT2D eigenvalue weighted by molar-refractivity contribution is 5.68. The van der Waals surface area contributed by atoms with Gasteiger partial charge in [0.05, 0.1) is 12.7 Å². The first kappa shape index (κ1) is 9.28. The molecule has 2 N–H and O–H groups in total. The minimum atomic E-state index is -0.977. The Labute approximate surface area is 70.7 Å². The Hall–Kier alpha value is -0.810. The third kappa shape index (κ3) is 1.51. The van der Waals surface area contributed by atoms with E-state index in [1.165, 1.54) is 7.11 Å². The number of hydrogen-bond acceptors (Lipinski definition) is 4. The summed E-state index contributed by atoms with van der Waals surface area (Å²) in [5, 5.41) is 11.8. The van der Waals surface area contributed by atoms with Crippen molar-refractivity contribution in [2.45, 2.75) is 25.2 Å². The number of cyclic esters (lactones) is 1. The number of rotatable bonds is 2. The minimum absolute atomic E-state index is 0.268. The zero-order valence-corrected chi connectivity index (χ0v) is 7.16. The van der Waals surface area contributed by atoms with Gasteiger partial charge >= 0.3 is 6.09 Å². The summed E-state index contributed by atoms with van der Waals surface area (Å²) in [6, 6.07) is 0. The van der Waals surface area contributed by atoms with Crippen LogP contribution in [0.5, 0.6) is 0 Å². The molecule has 0 bridgehead atoms. The van der Waals surface area contributed by atoms with Gasteiger partial charge < -0.3 is 14.6 Å². The van der Waals surface area contributed by atoms with Gasteiger partial charge in [0.2, 0.25) is 0 Å². The zero-order chi connectivity index (χ0) is 9.19. The highest BCUT2D eigenvalue weighted by Gasteiger charge is 2.40. The highest BCUT2D eigenvalue weighted by atomic mass is 16.6. The van der Waals surface area contributed by atoms with Crippen molar-refractivity contribution in [3.63, 3.8) is 0 Å². The second-order valence-corrected chi connectivity index (χ2v) is 2.78. The summed E-state index contributed by atoms with van der Waals surface area (Å²) in [7, 11) is 1.44. The predicted molar refractivity (Wildman–Crippen MR) is 40.5 cm³/mol. The van der Waals surface area contributed by atoms with E-state index in [-0.39, 0.29) is 6.61 Å². The number of alkyl carbamates (subject to hydrolysis) is 1. The van der Waals surface area contributed by atoms with Gasteiger partial charge in [0.1, 0.15) is 0 Å². The molecule has 1 aliphatic heterocycles. The molecule has 1 rings (SSSR count). The molecule has 5 nitrogen and oxygen atoms in total. The normalized spacial score (nSPS) is 32.1. The SMILES string of the molecule is CO[C@@]1([C@@H](C)O)CCOC(=O)N1. The Balaban J connectivity index is 2.71. The fourth-order valence-electron chi connectivity index (χ4n) is 1.20. The number of aliphatic hydroxyl groups excluding tert-OH is 1. The van der Waals surface area contributed by atoms with Crippen LogP contribution in [0.25, 0.3) is 0 Å². The van der Waals surface area contributed by atoms with Crippen molar-refractivity contribution in [3.05, 3.63) is 0 Å². The van der Waals surface area contributed by atoms with Gasteiger partial charge in [-0.1, -0.05) is 0 Å². The Morgan fingerprint density at radius 1 is 1.83 bits per heavy atom. The summed E-state index contributed by atoms with van der Waals surface area (Å²) >= 11 is 0.